The standard InChI is InChI=1S/C13H23N3O2S/c1-4-9-15-19(17,18)16-13-7-5-12(6-8-13)10-14-11(2)3/h5-8,11,14-16H,4,9-10H2,1-3H3. The van der Waals surface area contributed by atoms with Crippen molar-refractivity contribution in [2.24, 2.45) is 0 Å². The third-order valence-electron chi connectivity index (χ3n) is 2.46. The summed E-state index contributed by atoms with van der Waals surface area (Å²) in [6.07, 6.45) is 0.765. The molecule has 0 fully saturated rings. The molecule has 6 heteroatoms. The van der Waals surface area contributed by atoms with E-state index in [9.17, 15) is 8.42 Å². The molecule has 0 aliphatic carbocycles. The molecule has 0 amide bonds. The van der Waals surface area contributed by atoms with Crippen LogP contribution in [0.15, 0.2) is 24.3 Å². The maximum absolute atomic E-state index is 11.6. The van der Waals surface area contributed by atoms with Crippen molar-refractivity contribution in [3.05, 3.63) is 29.8 Å². The Morgan fingerprint density at radius 3 is 2.32 bits per heavy atom. The third kappa shape index (κ3) is 6.56. The van der Waals surface area contributed by atoms with Crippen LogP contribution in [-0.2, 0) is 16.8 Å². The highest BCUT2D eigenvalue weighted by atomic mass is 32.2. The minimum absolute atomic E-state index is 0.427. The maximum Gasteiger partial charge on any atom is 0.299 e. The lowest BCUT2D eigenvalue weighted by molar-refractivity contribution is 0.586. The molecular weight excluding hydrogens is 262 g/mol. The number of hydrogen-bond donors (Lipinski definition) is 3. The predicted molar refractivity (Wildman–Crippen MR) is 79.3 cm³/mol. The molecule has 0 atom stereocenters. The first-order valence-electron chi connectivity index (χ1n) is 6.52. The summed E-state index contributed by atoms with van der Waals surface area (Å²) < 4.78 is 28.2. The molecule has 0 heterocycles. The summed E-state index contributed by atoms with van der Waals surface area (Å²) in [7, 11) is -3.45. The normalized spacial score (nSPS) is 11.8. The third-order valence-corrected chi connectivity index (χ3v) is 3.55. The van der Waals surface area contributed by atoms with Gasteiger partial charge in [0.15, 0.2) is 0 Å². The molecule has 5 nitrogen and oxygen atoms in total. The second-order valence-electron chi connectivity index (χ2n) is 4.73. The molecule has 0 aliphatic rings. The van der Waals surface area contributed by atoms with Gasteiger partial charge in [0.25, 0.3) is 10.2 Å². The largest absolute Gasteiger partial charge is 0.310 e. The SMILES string of the molecule is CCCNS(=O)(=O)Nc1ccc(CNC(C)C)cc1. The van der Waals surface area contributed by atoms with Crippen LogP contribution in [-0.4, -0.2) is 21.0 Å². The number of anilines is 1. The molecule has 19 heavy (non-hydrogen) atoms. The van der Waals surface area contributed by atoms with Crippen molar-refractivity contribution < 1.29 is 8.42 Å². The summed E-state index contributed by atoms with van der Waals surface area (Å²) in [6.45, 7) is 7.30. The molecule has 0 spiro atoms. The van der Waals surface area contributed by atoms with Crippen LogP contribution in [0.3, 0.4) is 0 Å². The second-order valence-corrected chi connectivity index (χ2v) is 6.23. The van der Waals surface area contributed by atoms with E-state index in [1.165, 1.54) is 0 Å². The maximum atomic E-state index is 11.6. The van der Waals surface area contributed by atoms with Crippen molar-refractivity contribution in [3.63, 3.8) is 0 Å². The van der Waals surface area contributed by atoms with Crippen molar-refractivity contribution in [1.82, 2.24) is 10.0 Å². The fraction of sp³-hybridized carbons (Fsp3) is 0.538. The Balaban J connectivity index is 2.56. The second kappa shape index (κ2) is 7.47. The van der Waals surface area contributed by atoms with Crippen molar-refractivity contribution in [2.75, 3.05) is 11.3 Å². The molecule has 3 N–H and O–H groups in total. The van der Waals surface area contributed by atoms with E-state index in [2.05, 4.69) is 28.6 Å². The Bertz CT molecular complexity index is 469. The Morgan fingerprint density at radius 1 is 1.16 bits per heavy atom. The highest BCUT2D eigenvalue weighted by Crippen LogP contribution is 2.10. The Labute approximate surface area is 116 Å². The highest BCUT2D eigenvalue weighted by molar-refractivity contribution is 7.90. The zero-order valence-corrected chi connectivity index (χ0v) is 12.5. The van der Waals surface area contributed by atoms with Gasteiger partial charge < -0.3 is 5.32 Å². The van der Waals surface area contributed by atoms with Crippen LogP contribution in [0.4, 0.5) is 5.69 Å². The lowest BCUT2D eigenvalue weighted by Crippen LogP contribution is -2.30. The van der Waals surface area contributed by atoms with E-state index in [0.717, 1.165) is 18.5 Å². The van der Waals surface area contributed by atoms with Gasteiger partial charge >= 0.3 is 0 Å². The number of nitrogens with one attached hydrogen (secondary N) is 3. The first-order valence-corrected chi connectivity index (χ1v) is 8.01. The van der Waals surface area contributed by atoms with Gasteiger partial charge in [-0.05, 0) is 24.1 Å². The van der Waals surface area contributed by atoms with Crippen LogP contribution in [0.1, 0.15) is 32.8 Å². The van der Waals surface area contributed by atoms with E-state index in [-0.39, 0.29) is 0 Å². The van der Waals surface area contributed by atoms with Crippen LogP contribution in [0.2, 0.25) is 0 Å². The summed E-state index contributed by atoms with van der Waals surface area (Å²) in [5.74, 6) is 0. The summed E-state index contributed by atoms with van der Waals surface area (Å²) >= 11 is 0. The fourth-order valence-electron chi connectivity index (χ4n) is 1.44. The Kier molecular flexibility index (Phi) is 6.27. The number of benzene rings is 1. The molecule has 0 aliphatic heterocycles. The molecular formula is C13H23N3O2S. The summed E-state index contributed by atoms with van der Waals surface area (Å²) in [6, 6.07) is 7.78. The number of hydrogen-bond acceptors (Lipinski definition) is 3. The summed E-state index contributed by atoms with van der Waals surface area (Å²) in [5.41, 5.74) is 1.69. The summed E-state index contributed by atoms with van der Waals surface area (Å²) in [5, 5.41) is 3.31. The van der Waals surface area contributed by atoms with Gasteiger partial charge in [-0.3, -0.25) is 4.72 Å². The van der Waals surface area contributed by atoms with Gasteiger partial charge in [-0.25, -0.2) is 0 Å². The van der Waals surface area contributed by atoms with E-state index < -0.39 is 10.2 Å². The molecule has 0 unspecified atom stereocenters. The molecule has 108 valence electrons. The van der Waals surface area contributed by atoms with Crippen LogP contribution >= 0.6 is 0 Å². The Hall–Kier alpha value is -1.11. The molecule has 0 saturated heterocycles. The lowest BCUT2D eigenvalue weighted by Gasteiger charge is -2.10. The molecule has 0 radical (unpaired) electrons. The van der Waals surface area contributed by atoms with Crippen LogP contribution in [0.25, 0.3) is 0 Å². The molecule has 0 saturated carbocycles. The molecule has 1 aromatic rings. The molecule has 0 aromatic heterocycles. The van der Waals surface area contributed by atoms with E-state index in [1.807, 2.05) is 19.1 Å². The van der Waals surface area contributed by atoms with Crippen molar-refractivity contribution in [1.29, 1.82) is 0 Å². The van der Waals surface area contributed by atoms with Gasteiger partial charge in [0.05, 0.1) is 0 Å². The average Bonchev–Trinajstić information content (AvgIpc) is 2.35. The van der Waals surface area contributed by atoms with E-state index >= 15 is 0 Å². The van der Waals surface area contributed by atoms with Gasteiger partial charge in [0.1, 0.15) is 0 Å². The van der Waals surface area contributed by atoms with Gasteiger partial charge in [0, 0.05) is 24.8 Å². The zero-order chi connectivity index (χ0) is 14.3. The average molecular weight is 285 g/mol. The Morgan fingerprint density at radius 2 is 1.79 bits per heavy atom. The highest BCUT2D eigenvalue weighted by Gasteiger charge is 2.07. The minimum atomic E-state index is -3.45. The summed E-state index contributed by atoms with van der Waals surface area (Å²) in [4.78, 5) is 0. The first-order chi connectivity index (χ1) is 8.93. The van der Waals surface area contributed by atoms with E-state index in [4.69, 9.17) is 0 Å². The molecule has 0 bridgehead atoms. The van der Waals surface area contributed by atoms with E-state index in [0.29, 0.717) is 18.3 Å². The lowest BCUT2D eigenvalue weighted by atomic mass is 10.2. The quantitative estimate of drug-likeness (QED) is 0.682. The zero-order valence-electron chi connectivity index (χ0n) is 11.7. The van der Waals surface area contributed by atoms with Crippen molar-refractivity contribution >= 4 is 15.9 Å². The van der Waals surface area contributed by atoms with E-state index in [1.54, 1.807) is 12.1 Å². The minimum Gasteiger partial charge on any atom is -0.310 e. The first kappa shape index (κ1) is 15.9. The monoisotopic (exact) mass is 285 g/mol. The van der Waals surface area contributed by atoms with Crippen LogP contribution < -0.4 is 14.8 Å². The number of rotatable bonds is 8. The van der Waals surface area contributed by atoms with Crippen molar-refractivity contribution in [3.8, 4) is 0 Å². The predicted octanol–water partition coefficient (Wildman–Crippen LogP) is 1.84. The van der Waals surface area contributed by atoms with Crippen LogP contribution in [0, 0.1) is 0 Å². The smallest absolute Gasteiger partial charge is 0.299 e. The van der Waals surface area contributed by atoms with Crippen LogP contribution in [0.5, 0.6) is 0 Å². The van der Waals surface area contributed by atoms with Crippen molar-refractivity contribution in [2.45, 2.75) is 39.8 Å². The van der Waals surface area contributed by atoms with Gasteiger partial charge in [0.2, 0.25) is 0 Å². The van der Waals surface area contributed by atoms with Gasteiger partial charge in [-0.2, -0.15) is 13.1 Å². The molecule has 1 rings (SSSR count). The van der Waals surface area contributed by atoms with Gasteiger partial charge in [-0.1, -0.05) is 32.9 Å². The fourth-order valence-corrected chi connectivity index (χ4v) is 2.43. The molecule has 1 aromatic carbocycles. The topological polar surface area (TPSA) is 70.2 Å². The van der Waals surface area contributed by atoms with Gasteiger partial charge in [-0.15, -0.1) is 0 Å².